The zero-order valence-corrected chi connectivity index (χ0v) is 11.0. The molecule has 2 aromatic rings. The van der Waals surface area contributed by atoms with E-state index in [1.807, 2.05) is 6.07 Å². The average molecular weight is 268 g/mol. The van der Waals surface area contributed by atoms with E-state index in [-0.39, 0.29) is 5.84 Å². The third-order valence-corrected chi connectivity index (χ3v) is 3.58. The van der Waals surface area contributed by atoms with Crippen molar-refractivity contribution in [3.8, 4) is 0 Å². The minimum atomic E-state index is 0.102. The number of hydrogen-bond donors (Lipinski definition) is 2. The molecule has 2 heterocycles. The molecule has 102 valence electrons. The van der Waals surface area contributed by atoms with Crippen LogP contribution in [0.1, 0.15) is 17.5 Å². The molecule has 0 saturated carbocycles. The molecule has 5 nitrogen and oxygen atoms in total. The van der Waals surface area contributed by atoms with E-state index in [0.29, 0.717) is 5.56 Å². The Morgan fingerprint density at radius 1 is 1.25 bits per heavy atom. The van der Waals surface area contributed by atoms with Crippen LogP contribution in [0.2, 0.25) is 0 Å². The van der Waals surface area contributed by atoms with E-state index in [0.717, 1.165) is 25.1 Å². The van der Waals surface area contributed by atoms with Crippen molar-refractivity contribution >= 4 is 17.2 Å². The molecular formula is C15H16N4O. The van der Waals surface area contributed by atoms with Crippen LogP contribution in [0.25, 0.3) is 0 Å². The van der Waals surface area contributed by atoms with Gasteiger partial charge in [0.1, 0.15) is 0 Å². The summed E-state index contributed by atoms with van der Waals surface area (Å²) in [5.41, 5.74) is 9.81. The quantitative estimate of drug-likeness (QED) is 0.379. The van der Waals surface area contributed by atoms with Crippen LogP contribution in [0, 0.1) is 0 Å². The molecule has 0 amide bonds. The molecule has 0 atom stereocenters. The predicted octanol–water partition coefficient (Wildman–Crippen LogP) is 2.26. The molecule has 3 N–H and O–H groups in total. The maximum absolute atomic E-state index is 8.93. The van der Waals surface area contributed by atoms with Crippen molar-refractivity contribution in [3.63, 3.8) is 0 Å². The van der Waals surface area contributed by atoms with Gasteiger partial charge in [-0.1, -0.05) is 23.4 Å². The van der Waals surface area contributed by atoms with Gasteiger partial charge in [-0.05, 0) is 30.5 Å². The fraction of sp³-hybridized carbons (Fsp3) is 0.200. The number of amidine groups is 1. The van der Waals surface area contributed by atoms with Gasteiger partial charge in [0.25, 0.3) is 0 Å². The van der Waals surface area contributed by atoms with Gasteiger partial charge >= 0.3 is 0 Å². The lowest BCUT2D eigenvalue weighted by molar-refractivity contribution is 0.318. The lowest BCUT2D eigenvalue weighted by Gasteiger charge is -2.32. The summed E-state index contributed by atoms with van der Waals surface area (Å²) in [6.45, 7) is 0.897. The van der Waals surface area contributed by atoms with Crippen LogP contribution in [-0.2, 0) is 6.42 Å². The normalized spacial score (nSPS) is 15.0. The second kappa shape index (κ2) is 5.21. The number of rotatable bonds is 2. The predicted molar refractivity (Wildman–Crippen MR) is 78.5 cm³/mol. The Bertz CT molecular complexity index is 654. The summed E-state index contributed by atoms with van der Waals surface area (Å²) < 4.78 is 0. The maximum Gasteiger partial charge on any atom is 0.172 e. The molecule has 0 spiro atoms. The summed E-state index contributed by atoms with van der Waals surface area (Å²) >= 11 is 0. The van der Waals surface area contributed by atoms with Gasteiger partial charge in [0.15, 0.2) is 5.84 Å². The van der Waals surface area contributed by atoms with Crippen LogP contribution in [0.5, 0.6) is 0 Å². The molecule has 0 bridgehead atoms. The molecule has 1 aliphatic heterocycles. The molecule has 3 rings (SSSR count). The Morgan fingerprint density at radius 2 is 2.10 bits per heavy atom. The summed E-state index contributed by atoms with van der Waals surface area (Å²) in [7, 11) is 0. The number of hydrogen-bond acceptors (Lipinski definition) is 4. The highest BCUT2D eigenvalue weighted by Crippen LogP contribution is 2.34. The Kier molecular flexibility index (Phi) is 3.25. The largest absolute Gasteiger partial charge is 0.409 e. The molecule has 0 fully saturated rings. The van der Waals surface area contributed by atoms with E-state index >= 15 is 0 Å². The fourth-order valence-corrected chi connectivity index (χ4v) is 2.66. The zero-order valence-electron chi connectivity index (χ0n) is 11.0. The standard InChI is InChI=1S/C15H16N4O/c16-15(18-20)12-7-8-17-10-14(12)19-9-3-5-11-4-1-2-6-13(11)19/h1-2,4,6-8,10,20H,3,5,9H2,(H2,16,18). The Hall–Kier alpha value is -2.56. The van der Waals surface area contributed by atoms with Gasteiger partial charge in [-0.15, -0.1) is 0 Å². The number of pyridine rings is 1. The van der Waals surface area contributed by atoms with Crippen LogP contribution < -0.4 is 10.6 Å². The molecule has 1 aromatic carbocycles. The van der Waals surface area contributed by atoms with Crippen molar-refractivity contribution in [1.29, 1.82) is 0 Å². The summed E-state index contributed by atoms with van der Waals surface area (Å²) in [5.74, 6) is 0.102. The van der Waals surface area contributed by atoms with Crippen LogP contribution in [0.15, 0.2) is 47.9 Å². The Balaban J connectivity index is 2.12. The molecular weight excluding hydrogens is 252 g/mol. The number of aryl methyl sites for hydroxylation is 1. The number of nitrogens with zero attached hydrogens (tertiary/aromatic N) is 3. The van der Waals surface area contributed by atoms with Gasteiger partial charge < -0.3 is 15.8 Å². The first-order chi connectivity index (χ1) is 9.81. The van der Waals surface area contributed by atoms with E-state index in [1.165, 1.54) is 11.3 Å². The highest BCUT2D eigenvalue weighted by molar-refractivity contribution is 6.02. The van der Waals surface area contributed by atoms with Crippen LogP contribution in [-0.4, -0.2) is 22.6 Å². The highest BCUT2D eigenvalue weighted by atomic mass is 16.4. The lowest BCUT2D eigenvalue weighted by Crippen LogP contribution is -2.27. The molecule has 0 unspecified atom stereocenters. The molecule has 1 aromatic heterocycles. The van der Waals surface area contributed by atoms with Crippen molar-refractivity contribution in [1.82, 2.24) is 4.98 Å². The van der Waals surface area contributed by atoms with Gasteiger partial charge in [-0.2, -0.15) is 0 Å². The van der Waals surface area contributed by atoms with E-state index in [4.69, 9.17) is 10.9 Å². The number of oxime groups is 1. The SMILES string of the molecule is N/C(=N/O)c1ccncc1N1CCCc2ccccc21. The smallest absolute Gasteiger partial charge is 0.172 e. The molecule has 20 heavy (non-hydrogen) atoms. The van der Waals surface area contributed by atoms with E-state index in [9.17, 15) is 0 Å². The van der Waals surface area contributed by atoms with Crippen LogP contribution in [0.3, 0.4) is 0 Å². The minimum absolute atomic E-state index is 0.102. The number of aromatic nitrogens is 1. The van der Waals surface area contributed by atoms with E-state index < -0.39 is 0 Å². The third-order valence-electron chi connectivity index (χ3n) is 3.58. The maximum atomic E-state index is 8.93. The first-order valence-corrected chi connectivity index (χ1v) is 6.58. The van der Waals surface area contributed by atoms with Crippen LogP contribution >= 0.6 is 0 Å². The van der Waals surface area contributed by atoms with E-state index in [1.54, 1.807) is 18.5 Å². The second-order valence-corrected chi connectivity index (χ2v) is 4.76. The van der Waals surface area contributed by atoms with Crippen molar-refractivity contribution in [2.75, 3.05) is 11.4 Å². The van der Waals surface area contributed by atoms with Gasteiger partial charge in [-0.25, -0.2) is 0 Å². The molecule has 1 aliphatic rings. The summed E-state index contributed by atoms with van der Waals surface area (Å²) in [5, 5.41) is 12.0. The molecule has 0 aliphatic carbocycles. The molecule has 0 radical (unpaired) electrons. The lowest BCUT2D eigenvalue weighted by atomic mass is 10.0. The van der Waals surface area contributed by atoms with Gasteiger partial charge in [-0.3, -0.25) is 4.98 Å². The van der Waals surface area contributed by atoms with Crippen molar-refractivity contribution in [3.05, 3.63) is 53.9 Å². The number of anilines is 2. The minimum Gasteiger partial charge on any atom is -0.409 e. The highest BCUT2D eigenvalue weighted by Gasteiger charge is 2.21. The molecule has 0 saturated heterocycles. The number of benzene rings is 1. The van der Waals surface area contributed by atoms with Gasteiger partial charge in [0.2, 0.25) is 0 Å². The average Bonchev–Trinajstić information content (AvgIpc) is 2.53. The monoisotopic (exact) mass is 268 g/mol. The van der Waals surface area contributed by atoms with E-state index in [2.05, 4.69) is 33.2 Å². The Labute approximate surface area is 117 Å². The van der Waals surface area contributed by atoms with Crippen LogP contribution in [0.4, 0.5) is 11.4 Å². The topological polar surface area (TPSA) is 74.7 Å². The van der Waals surface area contributed by atoms with Crippen molar-refractivity contribution in [2.45, 2.75) is 12.8 Å². The first kappa shape index (κ1) is 12.5. The fourth-order valence-electron chi connectivity index (χ4n) is 2.66. The molecule has 5 heteroatoms. The second-order valence-electron chi connectivity index (χ2n) is 4.76. The Morgan fingerprint density at radius 3 is 2.95 bits per heavy atom. The summed E-state index contributed by atoms with van der Waals surface area (Å²) in [4.78, 5) is 6.36. The summed E-state index contributed by atoms with van der Waals surface area (Å²) in [6, 6.07) is 10.1. The van der Waals surface area contributed by atoms with Crippen molar-refractivity contribution < 1.29 is 5.21 Å². The number of fused-ring (bicyclic) bond motifs is 1. The first-order valence-electron chi connectivity index (χ1n) is 6.58. The van der Waals surface area contributed by atoms with Crippen molar-refractivity contribution in [2.24, 2.45) is 10.9 Å². The van der Waals surface area contributed by atoms with Gasteiger partial charge in [0, 0.05) is 24.0 Å². The third kappa shape index (κ3) is 2.07. The number of nitrogens with two attached hydrogens (primary N) is 1. The van der Waals surface area contributed by atoms with Gasteiger partial charge in [0.05, 0.1) is 11.9 Å². The zero-order chi connectivity index (χ0) is 13.9. The number of para-hydroxylation sites is 1. The summed E-state index contributed by atoms with van der Waals surface area (Å²) in [6.07, 6.45) is 5.55.